The van der Waals surface area contributed by atoms with Crippen LogP contribution in [0.3, 0.4) is 0 Å². The van der Waals surface area contributed by atoms with E-state index in [4.69, 9.17) is 0 Å². The smallest absolute Gasteiger partial charge is 0.0253 e. The standard InChI is InChI=1S/C13H11IS/c14-9-11-3-1-2-4-13(11)10-5-7-12(15)8-6-10/h1-8,15H,9H2. The number of hydrogen-bond donors (Lipinski definition) is 1. The molecule has 0 N–H and O–H groups in total. The first kappa shape index (κ1) is 11.0. The van der Waals surface area contributed by atoms with Gasteiger partial charge in [0, 0.05) is 9.32 Å². The van der Waals surface area contributed by atoms with Gasteiger partial charge in [-0.2, -0.15) is 0 Å². The Hall–Kier alpha value is -0.480. The maximum Gasteiger partial charge on any atom is 0.0253 e. The molecule has 0 bridgehead atoms. The van der Waals surface area contributed by atoms with Crippen LogP contribution in [0.1, 0.15) is 5.56 Å². The third-order valence-electron chi connectivity index (χ3n) is 2.34. The maximum atomic E-state index is 4.29. The van der Waals surface area contributed by atoms with Gasteiger partial charge in [-0.3, -0.25) is 0 Å². The normalized spacial score (nSPS) is 10.3. The van der Waals surface area contributed by atoms with Crippen LogP contribution in [0.25, 0.3) is 11.1 Å². The van der Waals surface area contributed by atoms with Crippen LogP contribution in [0.15, 0.2) is 53.4 Å². The van der Waals surface area contributed by atoms with E-state index in [0.717, 1.165) is 9.32 Å². The van der Waals surface area contributed by atoms with Gasteiger partial charge in [0.05, 0.1) is 0 Å². The van der Waals surface area contributed by atoms with Crippen molar-refractivity contribution in [3.8, 4) is 11.1 Å². The molecule has 0 unspecified atom stereocenters. The molecule has 0 atom stereocenters. The van der Waals surface area contributed by atoms with Crippen LogP contribution in [0.4, 0.5) is 0 Å². The predicted octanol–water partition coefficient (Wildman–Crippen LogP) is 4.58. The summed E-state index contributed by atoms with van der Waals surface area (Å²) in [5, 5.41) is 0. The Morgan fingerprint density at radius 3 is 2.27 bits per heavy atom. The number of thiol groups is 1. The van der Waals surface area contributed by atoms with Crippen molar-refractivity contribution in [3.63, 3.8) is 0 Å². The summed E-state index contributed by atoms with van der Waals surface area (Å²) < 4.78 is 1.04. The van der Waals surface area contributed by atoms with Crippen LogP contribution in [0, 0.1) is 0 Å². The van der Waals surface area contributed by atoms with E-state index in [2.05, 4.69) is 71.6 Å². The fraction of sp³-hybridized carbons (Fsp3) is 0.0769. The zero-order valence-electron chi connectivity index (χ0n) is 8.15. The molecule has 2 heteroatoms. The van der Waals surface area contributed by atoms with Gasteiger partial charge < -0.3 is 0 Å². The summed E-state index contributed by atoms with van der Waals surface area (Å²) in [5.41, 5.74) is 3.96. The van der Waals surface area contributed by atoms with Crippen molar-refractivity contribution in [2.45, 2.75) is 9.32 Å². The van der Waals surface area contributed by atoms with Gasteiger partial charge in [0.2, 0.25) is 0 Å². The SMILES string of the molecule is Sc1ccc(-c2ccccc2CI)cc1. The van der Waals surface area contributed by atoms with E-state index in [1.807, 2.05) is 12.1 Å². The Labute approximate surface area is 109 Å². The molecule has 0 saturated carbocycles. The fourth-order valence-electron chi connectivity index (χ4n) is 1.56. The average molecular weight is 326 g/mol. The Morgan fingerprint density at radius 2 is 1.60 bits per heavy atom. The van der Waals surface area contributed by atoms with E-state index in [1.54, 1.807) is 0 Å². The van der Waals surface area contributed by atoms with Gasteiger partial charge in [-0.25, -0.2) is 0 Å². The summed E-state index contributed by atoms with van der Waals surface area (Å²) >= 11 is 6.69. The van der Waals surface area contributed by atoms with E-state index < -0.39 is 0 Å². The molecular weight excluding hydrogens is 315 g/mol. The average Bonchev–Trinajstić information content (AvgIpc) is 2.30. The number of benzene rings is 2. The molecule has 0 nitrogen and oxygen atoms in total. The molecule has 0 heterocycles. The summed E-state index contributed by atoms with van der Waals surface area (Å²) in [6.45, 7) is 0. The van der Waals surface area contributed by atoms with Crippen LogP contribution in [0.5, 0.6) is 0 Å². The predicted molar refractivity (Wildman–Crippen MR) is 76.9 cm³/mol. The minimum absolute atomic E-state index is 1.01. The fourth-order valence-corrected chi connectivity index (χ4v) is 2.37. The molecule has 0 saturated heterocycles. The maximum absolute atomic E-state index is 4.29. The molecule has 0 aliphatic heterocycles. The first-order chi connectivity index (χ1) is 7.31. The molecule has 0 aliphatic rings. The van der Waals surface area contributed by atoms with Gasteiger partial charge in [-0.15, -0.1) is 12.6 Å². The first-order valence-corrected chi connectivity index (χ1v) is 6.72. The van der Waals surface area contributed by atoms with Crippen LogP contribution in [-0.2, 0) is 4.43 Å². The third kappa shape index (κ3) is 2.55. The largest absolute Gasteiger partial charge is 0.143 e. The van der Waals surface area contributed by atoms with E-state index >= 15 is 0 Å². The molecule has 0 amide bonds. The molecule has 2 rings (SSSR count). The Balaban J connectivity index is 2.49. The Morgan fingerprint density at radius 1 is 0.933 bits per heavy atom. The highest BCUT2D eigenvalue weighted by Crippen LogP contribution is 2.26. The lowest BCUT2D eigenvalue weighted by Gasteiger charge is -2.07. The van der Waals surface area contributed by atoms with Crippen LogP contribution in [0.2, 0.25) is 0 Å². The Kier molecular flexibility index (Phi) is 3.70. The molecule has 0 spiro atoms. The quantitative estimate of drug-likeness (QED) is 0.466. The number of rotatable bonds is 2. The second kappa shape index (κ2) is 5.03. The molecule has 0 aliphatic carbocycles. The lowest BCUT2D eigenvalue weighted by Crippen LogP contribution is -1.84. The topological polar surface area (TPSA) is 0 Å². The van der Waals surface area contributed by atoms with Gasteiger partial charge in [-0.05, 0) is 28.8 Å². The van der Waals surface area contributed by atoms with Crippen molar-refractivity contribution in [2.24, 2.45) is 0 Å². The number of halogens is 1. The third-order valence-corrected chi connectivity index (χ3v) is 3.46. The zero-order chi connectivity index (χ0) is 10.7. The molecule has 0 aromatic heterocycles. The van der Waals surface area contributed by atoms with Crippen LogP contribution >= 0.6 is 35.2 Å². The second-order valence-electron chi connectivity index (χ2n) is 3.34. The molecule has 0 fully saturated rings. The Bertz CT molecular complexity index is 448. The van der Waals surface area contributed by atoms with Gasteiger partial charge in [-0.1, -0.05) is 59.0 Å². The summed E-state index contributed by atoms with van der Waals surface area (Å²) in [4.78, 5) is 1.01. The number of hydrogen-bond acceptors (Lipinski definition) is 1. The molecule has 2 aromatic rings. The first-order valence-electron chi connectivity index (χ1n) is 4.74. The summed E-state index contributed by atoms with van der Waals surface area (Å²) in [7, 11) is 0. The molecule has 15 heavy (non-hydrogen) atoms. The van der Waals surface area contributed by atoms with Crippen LogP contribution < -0.4 is 0 Å². The highest BCUT2D eigenvalue weighted by molar-refractivity contribution is 14.1. The van der Waals surface area contributed by atoms with Crippen molar-refractivity contribution in [2.75, 3.05) is 0 Å². The van der Waals surface area contributed by atoms with Crippen molar-refractivity contribution < 1.29 is 0 Å². The molecule has 2 aromatic carbocycles. The van der Waals surface area contributed by atoms with E-state index in [1.165, 1.54) is 16.7 Å². The molecular formula is C13H11IS. The lowest BCUT2D eigenvalue weighted by atomic mass is 10.0. The van der Waals surface area contributed by atoms with Gasteiger partial charge in [0.1, 0.15) is 0 Å². The van der Waals surface area contributed by atoms with E-state index in [-0.39, 0.29) is 0 Å². The monoisotopic (exact) mass is 326 g/mol. The summed E-state index contributed by atoms with van der Waals surface area (Å²) in [5.74, 6) is 0. The van der Waals surface area contributed by atoms with Crippen molar-refractivity contribution in [3.05, 3.63) is 54.1 Å². The summed E-state index contributed by atoms with van der Waals surface area (Å²) in [6.07, 6.45) is 0. The van der Waals surface area contributed by atoms with Crippen molar-refractivity contribution in [1.29, 1.82) is 0 Å². The highest BCUT2D eigenvalue weighted by atomic mass is 127. The summed E-state index contributed by atoms with van der Waals surface area (Å²) in [6, 6.07) is 16.8. The van der Waals surface area contributed by atoms with E-state index in [0.29, 0.717) is 0 Å². The lowest BCUT2D eigenvalue weighted by molar-refractivity contribution is 1.42. The zero-order valence-corrected chi connectivity index (χ0v) is 11.2. The van der Waals surface area contributed by atoms with Gasteiger partial charge in [0.15, 0.2) is 0 Å². The van der Waals surface area contributed by atoms with Crippen molar-refractivity contribution >= 4 is 35.2 Å². The van der Waals surface area contributed by atoms with Crippen LogP contribution in [-0.4, -0.2) is 0 Å². The second-order valence-corrected chi connectivity index (χ2v) is 4.62. The minimum atomic E-state index is 1.01. The molecule has 76 valence electrons. The minimum Gasteiger partial charge on any atom is -0.143 e. The van der Waals surface area contributed by atoms with E-state index in [9.17, 15) is 0 Å². The van der Waals surface area contributed by atoms with Crippen molar-refractivity contribution in [1.82, 2.24) is 0 Å². The number of alkyl halides is 1. The van der Waals surface area contributed by atoms with Gasteiger partial charge >= 0.3 is 0 Å². The highest BCUT2D eigenvalue weighted by Gasteiger charge is 2.02. The molecule has 0 radical (unpaired) electrons. The van der Waals surface area contributed by atoms with Gasteiger partial charge in [0.25, 0.3) is 0 Å².